The van der Waals surface area contributed by atoms with Crippen LogP contribution < -0.4 is 10.6 Å². The third-order valence-electron chi connectivity index (χ3n) is 7.62. The number of carbonyl (C=O) groups excluding carboxylic acids is 2. The van der Waals surface area contributed by atoms with Crippen molar-refractivity contribution < 1.29 is 27.2 Å². The van der Waals surface area contributed by atoms with Crippen LogP contribution in [0, 0.1) is 23.7 Å². The molecule has 15 heteroatoms. The molecule has 0 aromatic carbocycles. The standard InChI is InChI=1S/C26H33F4N9O2/c1-4-18(23-35-31-13-37(23)12-26(28,29)30)38-11-17(22(27)36-38)33-25(41)21(20(15-5-6-15)16-7-8-16)34-24(40)19-9-10-32-39(19)14(2)3/h9-11,13-16,18,20-21H,4-8,12H2,1-3H3,(H,33,41)(H,34,40)/t18-,21+/m1/s1. The van der Waals surface area contributed by atoms with E-state index in [0.717, 1.165) is 41.3 Å². The molecule has 3 heterocycles. The van der Waals surface area contributed by atoms with E-state index in [0.29, 0.717) is 5.69 Å². The molecule has 2 N–H and O–H groups in total. The van der Waals surface area contributed by atoms with Crippen molar-refractivity contribution in [3.8, 4) is 0 Å². The summed E-state index contributed by atoms with van der Waals surface area (Å²) in [6.45, 7) is 4.17. The first-order chi connectivity index (χ1) is 19.5. The van der Waals surface area contributed by atoms with Crippen molar-refractivity contribution in [3.05, 3.63) is 42.3 Å². The molecule has 5 rings (SSSR count). The smallest absolute Gasteiger partial charge is 0.339 e. The topological polar surface area (TPSA) is 125 Å². The molecule has 2 aliphatic carbocycles. The maximum atomic E-state index is 15.0. The van der Waals surface area contributed by atoms with Gasteiger partial charge in [0.05, 0.1) is 6.20 Å². The summed E-state index contributed by atoms with van der Waals surface area (Å²) in [6, 6.07) is -0.274. The van der Waals surface area contributed by atoms with Crippen LogP contribution in [0.4, 0.5) is 23.2 Å². The summed E-state index contributed by atoms with van der Waals surface area (Å²) in [6.07, 6.45) is 3.25. The predicted octanol–water partition coefficient (Wildman–Crippen LogP) is 4.13. The van der Waals surface area contributed by atoms with Crippen molar-refractivity contribution in [1.29, 1.82) is 0 Å². The second kappa shape index (κ2) is 11.2. The molecule has 41 heavy (non-hydrogen) atoms. The Morgan fingerprint density at radius 3 is 2.41 bits per heavy atom. The van der Waals surface area contributed by atoms with Gasteiger partial charge in [0.25, 0.3) is 11.9 Å². The summed E-state index contributed by atoms with van der Waals surface area (Å²) < 4.78 is 57.7. The highest BCUT2D eigenvalue weighted by atomic mass is 19.4. The van der Waals surface area contributed by atoms with E-state index < -0.39 is 42.6 Å². The molecule has 0 radical (unpaired) electrons. The van der Waals surface area contributed by atoms with Crippen LogP contribution in [0.2, 0.25) is 0 Å². The average Bonchev–Trinajstić information content (AvgIpc) is 3.79. The average molecular weight is 580 g/mol. The monoisotopic (exact) mass is 579 g/mol. The number of hydrogen-bond donors (Lipinski definition) is 2. The summed E-state index contributed by atoms with van der Waals surface area (Å²) in [7, 11) is 0. The lowest BCUT2D eigenvalue weighted by Crippen LogP contribution is -2.50. The lowest BCUT2D eigenvalue weighted by atomic mass is 9.88. The molecule has 3 aromatic heterocycles. The van der Waals surface area contributed by atoms with E-state index in [1.54, 1.807) is 17.7 Å². The van der Waals surface area contributed by atoms with E-state index >= 15 is 4.39 Å². The largest absolute Gasteiger partial charge is 0.406 e. The van der Waals surface area contributed by atoms with Gasteiger partial charge in [-0.3, -0.25) is 19.0 Å². The molecule has 11 nitrogen and oxygen atoms in total. The van der Waals surface area contributed by atoms with Crippen molar-refractivity contribution in [2.24, 2.45) is 17.8 Å². The third kappa shape index (κ3) is 6.43. The number of amides is 2. The number of anilines is 1. The van der Waals surface area contributed by atoms with Gasteiger partial charge in [-0.2, -0.15) is 22.7 Å². The summed E-state index contributed by atoms with van der Waals surface area (Å²) >= 11 is 0. The molecule has 2 amide bonds. The zero-order valence-electron chi connectivity index (χ0n) is 23.0. The van der Waals surface area contributed by atoms with Gasteiger partial charge in [0.2, 0.25) is 5.91 Å². The van der Waals surface area contributed by atoms with E-state index in [1.807, 2.05) is 13.8 Å². The molecule has 0 unspecified atom stereocenters. The van der Waals surface area contributed by atoms with Gasteiger partial charge < -0.3 is 15.2 Å². The van der Waals surface area contributed by atoms with Crippen molar-refractivity contribution in [2.45, 2.75) is 83.7 Å². The first kappa shape index (κ1) is 28.7. The van der Waals surface area contributed by atoms with Gasteiger partial charge in [0.15, 0.2) is 5.82 Å². The number of aromatic nitrogens is 7. The van der Waals surface area contributed by atoms with Gasteiger partial charge in [0.1, 0.15) is 36.3 Å². The van der Waals surface area contributed by atoms with Crippen LogP contribution >= 0.6 is 0 Å². The van der Waals surface area contributed by atoms with Gasteiger partial charge in [-0.15, -0.1) is 15.3 Å². The number of rotatable bonds is 12. The maximum Gasteiger partial charge on any atom is 0.406 e. The van der Waals surface area contributed by atoms with E-state index in [-0.39, 0.29) is 41.7 Å². The van der Waals surface area contributed by atoms with Crippen LogP contribution in [-0.2, 0) is 11.3 Å². The van der Waals surface area contributed by atoms with Crippen LogP contribution in [0.15, 0.2) is 24.8 Å². The Labute approximate surface area is 233 Å². The minimum atomic E-state index is -4.50. The summed E-state index contributed by atoms with van der Waals surface area (Å²) in [5, 5.41) is 20.9. The molecule has 0 saturated heterocycles. The fraction of sp³-hybridized carbons (Fsp3) is 0.615. The second-order valence-corrected chi connectivity index (χ2v) is 11.1. The first-order valence-electron chi connectivity index (χ1n) is 13.8. The number of hydrogen-bond acceptors (Lipinski definition) is 6. The zero-order chi connectivity index (χ0) is 29.5. The minimum absolute atomic E-state index is 0.0420. The lowest BCUT2D eigenvalue weighted by Gasteiger charge is -2.27. The Morgan fingerprint density at radius 2 is 1.83 bits per heavy atom. The van der Waals surface area contributed by atoms with Crippen LogP contribution in [0.3, 0.4) is 0 Å². The van der Waals surface area contributed by atoms with E-state index in [1.165, 1.54) is 12.4 Å². The van der Waals surface area contributed by atoms with Gasteiger partial charge in [-0.1, -0.05) is 6.92 Å². The van der Waals surface area contributed by atoms with Crippen LogP contribution in [-0.4, -0.2) is 58.4 Å². The predicted molar refractivity (Wildman–Crippen MR) is 138 cm³/mol. The van der Waals surface area contributed by atoms with Crippen LogP contribution in [0.5, 0.6) is 0 Å². The molecular weight excluding hydrogens is 546 g/mol. The Bertz CT molecular complexity index is 1380. The summed E-state index contributed by atoms with van der Waals surface area (Å²) in [4.78, 5) is 27.0. The number of nitrogens with one attached hydrogen (secondary N) is 2. The molecule has 2 atom stereocenters. The third-order valence-corrected chi connectivity index (χ3v) is 7.62. The van der Waals surface area contributed by atoms with E-state index in [2.05, 4.69) is 31.0 Å². The first-order valence-corrected chi connectivity index (χ1v) is 13.8. The van der Waals surface area contributed by atoms with Crippen molar-refractivity contribution >= 4 is 17.5 Å². The van der Waals surface area contributed by atoms with Crippen molar-refractivity contribution in [3.63, 3.8) is 0 Å². The Hall–Kier alpha value is -3.78. The molecule has 2 saturated carbocycles. The van der Waals surface area contributed by atoms with Gasteiger partial charge >= 0.3 is 6.18 Å². The molecule has 3 aromatic rings. The highest BCUT2D eigenvalue weighted by molar-refractivity contribution is 6.00. The normalized spacial score (nSPS) is 17.2. The lowest BCUT2D eigenvalue weighted by molar-refractivity contribution is -0.141. The molecule has 2 aliphatic rings. The fourth-order valence-corrected chi connectivity index (χ4v) is 5.50. The van der Waals surface area contributed by atoms with Gasteiger partial charge in [-0.05, 0) is 69.8 Å². The quantitative estimate of drug-likeness (QED) is 0.311. The zero-order valence-corrected chi connectivity index (χ0v) is 23.0. The molecular formula is C26H33F4N9O2. The minimum Gasteiger partial charge on any atom is -0.339 e. The number of halogens is 4. The molecule has 0 bridgehead atoms. The molecule has 2 fully saturated rings. The van der Waals surface area contributed by atoms with Crippen molar-refractivity contribution in [1.82, 2.24) is 39.6 Å². The Kier molecular flexibility index (Phi) is 7.88. The number of nitrogens with zero attached hydrogens (tertiary/aromatic N) is 7. The molecule has 0 spiro atoms. The summed E-state index contributed by atoms with van der Waals surface area (Å²) in [5.41, 5.74) is 0.0723. The highest BCUT2D eigenvalue weighted by Gasteiger charge is 2.48. The maximum absolute atomic E-state index is 15.0. The van der Waals surface area contributed by atoms with E-state index in [9.17, 15) is 22.8 Å². The number of carbonyl (C=O) groups is 2. The van der Waals surface area contributed by atoms with Gasteiger partial charge in [-0.25, -0.2) is 0 Å². The Balaban J connectivity index is 1.38. The van der Waals surface area contributed by atoms with Crippen LogP contribution in [0.25, 0.3) is 0 Å². The van der Waals surface area contributed by atoms with E-state index in [4.69, 9.17) is 0 Å². The van der Waals surface area contributed by atoms with Crippen molar-refractivity contribution in [2.75, 3.05) is 5.32 Å². The molecule has 222 valence electrons. The second-order valence-electron chi connectivity index (χ2n) is 11.1. The number of alkyl halides is 3. The van der Waals surface area contributed by atoms with Crippen LogP contribution in [0.1, 0.15) is 81.3 Å². The summed E-state index contributed by atoms with van der Waals surface area (Å²) in [5.74, 6) is -1.61. The molecule has 0 aliphatic heterocycles. The highest BCUT2D eigenvalue weighted by Crippen LogP contribution is 2.51. The van der Waals surface area contributed by atoms with Gasteiger partial charge in [0, 0.05) is 12.2 Å². The SMILES string of the molecule is CC[C@H](c1nncn1CC(F)(F)F)n1cc(NC(=O)[C@@H](NC(=O)c2ccnn2C(C)C)C(C2CC2)C2CC2)c(F)n1. The fourth-order valence-electron chi connectivity index (χ4n) is 5.50. The Morgan fingerprint density at radius 1 is 1.15 bits per heavy atom.